The van der Waals surface area contributed by atoms with E-state index in [0.717, 1.165) is 0 Å². The predicted molar refractivity (Wildman–Crippen MR) is 61.6 cm³/mol. The minimum atomic E-state index is -1.31. The van der Waals surface area contributed by atoms with E-state index in [2.05, 4.69) is 5.32 Å². The third-order valence-corrected chi connectivity index (χ3v) is 2.55. The molecule has 1 aromatic rings. The molecule has 1 aliphatic heterocycles. The smallest absolute Gasteiger partial charge is 0.418 e. The molecule has 90 valence electrons. The highest BCUT2D eigenvalue weighted by molar-refractivity contribution is 6.15. The number of benzene rings is 1. The molecule has 1 aliphatic rings. The van der Waals surface area contributed by atoms with Crippen LogP contribution >= 0.6 is 0 Å². The van der Waals surface area contributed by atoms with Gasteiger partial charge in [0.25, 0.3) is 5.91 Å². The number of carbonyl (C=O) groups excluding carboxylic acids is 1. The number of hydrogen-bond acceptors (Lipinski definition) is 4. The van der Waals surface area contributed by atoms with Crippen LogP contribution < -0.4 is 15.0 Å². The Balaban J connectivity index is 2.55. The molecule has 2 rings (SSSR count). The molecule has 0 aliphatic carbocycles. The van der Waals surface area contributed by atoms with Crippen LogP contribution in [-0.2, 0) is 4.79 Å². The van der Waals surface area contributed by atoms with Crippen LogP contribution in [-0.4, -0.2) is 30.3 Å². The van der Waals surface area contributed by atoms with Crippen molar-refractivity contribution in [2.45, 2.75) is 13.0 Å². The van der Waals surface area contributed by atoms with Crippen LogP contribution in [0, 0.1) is 0 Å². The van der Waals surface area contributed by atoms with Gasteiger partial charge in [-0.05, 0) is 25.1 Å². The van der Waals surface area contributed by atoms with E-state index < -0.39 is 18.1 Å². The summed E-state index contributed by atoms with van der Waals surface area (Å²) in [5.41, 5.74) is 0.952. The van der Waals surface area contributed by atoms with Crippen molar-refractivity contribution >= 4 is 23.4 Å². The summed E-state index contributed by atoms with van der Waals surface area (Å²) in [6.07, 6.45) is -2.10. The summed E-state index contributed by atoms with van der Waals surface area (Å²) in [5.74, 6) is -0.197. The minimum absolute atomic E-state index is 0.243. The van der Waals surface area contributed by atoms with Crippen LogP contribution in [0.2, 0.25) is 0 Å². The number of nitrogens with one attached hydrogen (secondary N) is 1. The first-order valence-electron chi connectivity index (χ1n) is 5.10. The molecule has 0 fully saturated rings. The van der Waals surface area contributed by atoms with Gasteiger partial charge in [-0.1, -0.05) is 0 Å². The molecule has 1 heterocycles. The van der Waals surface area contributed by atoms with Crippen molar-refractivity contribution in [1.82, 2.24) is 0 Å². The summed E-state index contributed by atoms with van der Waals surface area (Å²) in [7, 11) is 1.71. The Bertz CT molecular complexity index is 486. The van der Waals surface area contributed by atoms with Crippen molar-refractivity contribution in [3.05, 3.63) is 18.2 Å². The molecule has 6 nitrogen and oxygen atoms in total. The first kappa shape index (κ1) is 11.3. The van der Waals surface area contributed by atoms with E-state index in [1.165, 1.54) is 6.92 Å². The second kappa shape index (κ2) is 3.97. The molecule has 0 radical (unpaired) electrons. The standard InChI is InChI=1S/C11H12N2O4/c1-6-10(14)13(11(15)16)8-5-7(12-2)3-4-9(8)17-6/h3-6,12H,1-2H3,(H,15,16). The van der Waals surface area contributed by atoms with E-state index >= 15 is 0 Å². The SMILES string of the molecule is CNc1ccc2c(c1)N(C(=O)O)C(=O)C(C)O2. The van der Waals surface area contributed by atoms with Gasteiger partial charge in [0.05, 0.1) is 5.69 Å². The Morgan fingerprint density at radius 2 is 2.24 bits per heavy atom. The summed E-state index contributed by atoms with van der Waals surface area (Å²) in [6, 6.07) is 4.95. The minimum Gasteiger partial charge on any atom is -0.479 e. The molecule has 1 aromatic carbocycles. The third kappa shape index (κ3) is 1.77. The van der Waals surface area contributed by atoms with Gasteiger partial charge in [0.1, 0.15) is 5.75 Å². The number of fused-ring (bicyclic) bond motifs is 1. The van der Waals surface area contributed by atoms with E-state index in [-0.39, 0.29) is 5.69 Å². The number of rotatable bonds is 1. The topological polar surface area (TPSA) is 78.9 Å². The van der Waals surface area contributed by atoms with Gasteiger partial charge >= 0.3 is 6.09 Å². The van der Waals surface area contributed by atoms with Crippen LogP contribution in [0.15, 0.2) is 18.2 Å². The number of amides is 2. The fraction of sp³-hybridized carbons (Fsp3) is 0.273. The molecule has 1 atom stereocenters. The highest BCUT2D eigenvalue weighted by Gasteiger charge is 2.35. The largest absolute Gasteiger partial charge is 0.479 e. The fourth-order valence-electron chi connectivity index (χ4n) is 1.69. The zero-order valence-electron chi connectivity index (χ0n) is 9.43. The Morgan fingerprint density at radius 1 is 1.53 bits per heavy atom. The van der Waals surface area contributed by atoms with Gasteiger partial charge in [-0.15, -0.1) is 0 Å². The van der Waals surface area contributed by atoms with Gasteiger partial charge in [0, 0.05) is 12.7 Å². The Hall–Kier alpha value is -2.24. The van der Waals surface area contributed by atoms with Crippen molar-refractivity contribution in [2.75, 3.05) is 17.3 Å². The van der Waals surface area contributed by atoms with E-state index in [1.807, 2.05) is 0 Å². The lowest BCUT2D eigenvalue weighted by Gasteiger charge is -2.29. The summed E-state index contributed by atoms with van der Waals surface area (Å²) >= 11 is 0. The van der Waals surface area contributed by atoms with Crippen LogP contribution in [0.4, 0.5) is 16.2 Å². The normalized spacial score (nSPS) is 18.4. The zero-order chi connectivity index (χ0) is 12.6. The molecular weight excluding hydrogens is 224 g/mol. The number of carbonyl (C=O) groups is 2. The molecule has 0 bridgehead atoms. The monoisotopic (exact) mass is 236 g/mol. The maximum atomic E-state index is 11.7. The average Bonchev–Trinajstić information content (AvgIpc) is 2.29. The van der Waals surface area contributed by atoms with Gasteiger partial charge in [0.15, 0.2) is 6.10 Å². The molecule has 0 spiro atoms. The second-order valence-corrected chi connectivity index (χ2v) is 3.65. The molecule has 1 unspecified atom stereocenters. The van der Waals surface area contributed by atoms with Crippen molar-refractivity contribution in [1.29, 1.82) is 0 Å². The highest BCUT2D eigenvalue weighted by atomic mass is 16.5. The molecule has 2 N–H and O–H groups in total. The van der Waals surface area contributed by atoms with Crippen LogP contribution in [0.3, 0.4) is 0 Å². The molecule has 17 heavy (non-hydrogen) atoms. The Labute approximate surface area is 97.8 Å². The quantitative estimate of drug-likeness (QED) is 0.772. The molecule has 6 heteroatoms. The zero-order valence-corrected chi connectivity index (χ0v) is 9.43. The van der Waals surface area contributed by atoms with Crippen molar-refractivity contribution < 1.29 is 19.4 Å². The van der Waals surface area contributed by atoms with Gasteiger partial charge < -0.3 is 15.2 Å². The molecule has 2 amide bonds. The summed E-state index contributed by atoms with van der Waals surface area (Å²) in [5, 5.41) is 11.9. The fourth-order valence-corrected chi connectivity index (χ4v) is 1.69. The number of imide groups is 1. The van der Waals surface area contributed by atoms with E-state index in [0.29, 0.717) is 16.3 Å². The summed E-state index contributed by atoms with van der Waals surface area (Å²) in [4.78, 5) is 23.5. The third-order valence-electron chi connectivity index (χ3n) is 2.55. The van der Waals surface area contributed by atoms with Crippen LogP contribution in [0.25, 0.3) is 0 Å². The van der Waals surface area contributed by atoms with E-state index in [1.54, 1.807) is 25.2 Å². The predicted octanol–water partition coefficient (Wildman–Crippen LogP) is 1.52. The Morgan fingerprint density at radius 3 is 2.82 bits per heavy atom. The Kier molecular flexibility index (Phi) is 2.63. The molecule has 0 aromatic heterocycles. The van der Waals surface area contributed by atoms with Crippen molar-refractivity contribution in [2.24, 2.45) is 0 Å². The van der Waals surface area contributed by atoms with Crippen molar-refractivity contribution in [3.63, 3.8) is 0 Å². The first-order chi connectivity index (χ1) is 8.04. The number of hydrogen-bond donors (Lipinski definition) is 2. The van der Waals surface area contributed by atoms with E-state index in [9.17, 15) is 9.59 Å². The summed E-state index contributed by atoms with van der Waals surface area (Å²) < 4.78 is 5.34. The van der Waals surface area contributed by atoms with Gasteiger partial charge in [-0.2, -0.15) is 0 Å². The maximum Gasteiger partial charge on any atom is 0.418 e. The average molecular weight is 236 g/mol. The lowest BCUT2D eigenvalue weighted by Crippen LogP contribution is -2.47. The van der Waals surface area contributed by atoms with Crippen LogP contribution in [0.5, 0.6) is 5.75 Å². The first-order valence-corrected chi connectivity index (χ1v) is 5.10. The highest BCUT2D eigenvalue weighted by Crippen LogP contribution is 2.36. The number of anilines is 2. The van der Waals surface area contributed by atoms with Gasteiger partial charge in [0.2, 0.25) is 0 Å². The molecule has 0 saturated carbocycles. The lowest BCUT2D eigenvalue weighted by molar-refractivity contribution is -0.124. The number of carboxylic acid groups (broad SMARTS) is 1. The number of nitrogens with zero attached hydrogens (tertiary/aromatic N) is 1. The lowest BCUT2D eigenvalue weighted by atomic mass is 10.2. The van der Waals surface area contributed by atoms with Gasteiger partial charge in [-0.25, -0.2) is 9.69 Å². The van der Waals surface area contributed by atoms with E-state index in [4.69, 9.17) is 9.84 Å². The molecule has 0 saturated heterocycles. The van der Waals surface area contributed by atoms with Crippen LogP contribution in [0.1, 0.15) is 6.92 Å². The summed E-state index contributed by atoms with van der Waals surface area (Å²) in [6.45, 7) is 1.52. The van der Waals surface area contributed by atoms with Crippen molar-refractivity contribution in [3.8, 4) is 5.75 Å². The second-order valence-electron chi connectivity index (χ2n) is 3.65. The molecular formula is C11H12N2O4. The van der Waals surface area contributed by atoms with Gasteiger partial charge in [-0.3, -0.25) is 4.79 Å². The number of ether oxygens (including phenoxy) is 1. The maximum absolute atomic E-state index is 11.7.